The van der Waals surface area contributed by atoms with E-state index in [0.717, 1.165) is 28.9 Å². The fourth-order valence-corrected chi connectivity index (χ4v) is 3.21. The van der Waals surface area contributed by atoms with Crippen LogP contribution in [0.25, 0.3) is 6.08 Å². The number of methoxy groups -OCH3 is 1. The number of ether oxygens (including phenoxy) is 1. The molecule has 0 bridgehead atoms. The molecule has 2 aliphatic carbocycles. The standard InChI is InChI=1S/C19H21ClN4O3/c1-12(13-6-8-15(27-2)9-7-13)21-18(25)11-24-19(26)16-5-3-4-14(20)10-17(16)22-23-24/h3-6,8,12H,7,9-11H2,1-2H3,(H,21,25)/t12-/m0/s1. The first-order valence-electron chi connectivity index (χ1n) is 8.70. The molecule has 0 aromatic carbocycles. The first-order valence-corrected chi connectivity index (χ1v) is 9.08. The molecule has 8 heteroatoms. The van der Waals surface area contributed by atoms with Gasteiger partial charge in [-0.2, -0.15) is 0 Å². The van der Waals surface area contributed by atoms with Gasteiger partial charge in [-0.3, -0.25) is 9.59 Å². The van der Waals surface area contributed by atoms with E-state index in [2.05, 4.69) is 15.6 Å². The molecule has 0 saturated heterocycles. The van der Waals surface area contributed by atoms with E-state index in [1.54, 1.807) is 25.3 Å². The zero-order valence-electron chi connectivity index (χ0n) is 15.2. The van der Waals surface area contributed by atoms with Crippen molar-refractivity contribution in [2.24, 2.45) is 0 Å². The highest BCUT2D eigenvalue weighted by Gasteiger charge is 2.18. The van der Waals surface area contributed by atoms with Crippen molar-refractivity contribution in [1.29, 1.82) is 0 Å². The minimum Gasteiger partial charge on any atom is -0.501 e. The Kier molecular flexibility index (Phi) is 5.91. The van der Waals surface area contributed by atoms with Crippen LogP contribution in [0.3, 0.4) is 0 Å². The number of amides is 1. The highest BCUT2D eigenvalue weighted by atomic mass is 35.5. The maximum atomic E-state index is 12.6. The molecule has 1 heterocycles. The molecule has 1 atom stereocenters. The van der Waals surface area contributed by atoms with Crippen LogP contribution in [0.5, 0.6) is 0 Å². The van der Waals surface area contributed by atoms with E-state index < -0.39 is 0 Å². The van der Waals surface area contributed by atoms with Gasteiger partial charge >= 0.3 is 0 Å². The molecule has 0 radical (unpaired) electrons. The van der Waals surface area contributed by atoms with Crippen molar-refractivity contribution in [3.05, 3.63) is 62.3 Å². The maximum absolute atomic E-state index is 12.6. The fourth-order valence-electron chi connectivity index (χ4n) is 3.02. The highest BCUT2D eigenvalue weighted by Crippen LogP contribution is 2.21. The predicted molar refractivity (Wildman–Crippen MR) is 103 cm³/mol. The Hall–Kier alpha value is -2.67. The second kappa shape index (κ2) is 8.35. The third-order valence-corrected chi connectivity index (χ3v) is 4.82. The molecule has 7 nitrogen and oxygen atoms in total. The first-order chi connectivity index (χ1) is 13.0. The Balaban J connectivity index is 1.69. The van der Waals surface area contributed by atoms with Crippen molar-refractivity contribution < 1.29 is 9.53 Å². The number of nitrogens with zero attached hydrogens (tertiary/aromatic N) is 3. The second-order valence-corrected chi connectivity index (χ2v) is 6.92. The second-order valence-electron chi connectivity index (χ2n) is 6.43. The number of rotatable bonds is 5. The van der Waals surface area contributed by atoms with Crippen LogP contribution in [-0.2, 0) is 22.5 Å². The molecule has 3 rings (SSSR count). The number of carbonyl (C=O) groups excluding carboxylic acids is 1. The van der Waals surface area contributed by atoms with Crippen LogP contribution >= 0.6 is 11.6 Å². The lowest BCUT2D eigenvalue weighted by Crippen LogP contribution is -2.40. The lowest BCUT2D eigenvalue weighted by atomic mass is 9.98. The van der Waals surface area contributed by atoms with E-state index >= 15 is 0 Å². The average Bonchev–Trinajstić information content (AvgIpc) is 2.85. The van der Waals surface area contributed by atoms with Crippen LogP contribution in [-0.4, -0.2) is 34.1 Å². The van der Waals surface area contributed by atoms with Crippen molar-refractivity contribution in [1.82, 2.24) is 20.3 Å². The third-order valence-electron chi connectivity index (χ3n) is 4.56. The summed E-state index contributed by atoms with van der Waals surface area (Å²) in [7, 11) is 1.65. The van der Waals surface area contributed by atoms with Crippen molar-refractivity contribution in [3.63, 3.8) is 0 Å². The molecular weight excluding hydrogens is 368 g/mol. The number of fused-ring (bicyclic) bond motifs is 1. The minimum atomic E-state index is -0.358. The van der Waals surface area contributed by atoms with Crippen molar-refractivity contribution >= 4 is 23.6 Å². The summed E-state index contributed by atoms with van der Waals surface area (Å²) < 4.78 is 6.28. The summed E-state index contributed by atoms with van der Waals surface area (Å²) in [4.78, 5) is 25.0. The molecule has 1 aromatic rings. The van der Waals surface area contributed by atoms with Gasteiger partial charge in [0.05, 0.1) is 24.1 Å². The number of halogens is 1. The zero-order valence-corrected chi connectivity index (χ0v) is 16.0. The maximum Gasteiger partial charge on any atom is 0.277 e. The van der Waals surface area contributed by atoms with Gasteiger partial charge in [0.1, 0.15) is 6.54 Å². The van der Waals surface area contributed by atoms with Gasteiger partial charge in [-0.05, 0) is 37.1 Å². The molecule has 0 aliphatic heterocycles. The van der Waals surface area contributed by atoms with Gasteiger partial charge in [0, 0.05) is 23.9 Å². The highest BCUT2D eigenvalue weighted by molar-refractivity contribution is 6.29. The fraction of sp³-hybridized carbons (Fsp3) is 0.368. The van der Waals surface area contributed by atoms with E-state index in [-0.39, 0.29) is 24.1 Å². The molecule has 1 N–H and O–H groups in total. The number of hydrogen-bond acceptors (Lipinski definition) is 5. The predicted octanol–water partition coefficient (Wildman–Crippen LogP) is 2.09. The summed E-state index contributed by atoms with van der Waals surface area (Å²) in [6.45, 7) is 1.72. The van der Waals surface area contributed by atoms with Gasteiger partial charge in [0.15, 0.2) is 0 Å². The van der Waals surface area contributed by atoms with Gasteiger partial charge < -0.3 is 10.1 Å². The Morgan fingerprint density at radius 1 is 1.37 bits per heavy atom. The van der Waals surface area contributed by atoms with Crippen LogP contribution in [0.2, 0.25) is 0 Å². The van der Waals surface area contributed by atoms with Crippen molar-refractivity contribution in [2.45, 2.75) is 38.8 Å². The van der Waals surface area contributed by atoms with E-state index in [1.807, 2.05) is 19.1 Å². The number of nitrogens with one attached hydrogen (secondary N) is 1. The summed E-state index contributed by atoms with van der Waals surface area (Å²) in [5.74, 6) is 0.627. The zero-order chi connectivity index (χ0) is 19.4. The number of allylic oxidation sites excluding steroid dienone is 6. The quantitative estimate of drug-likeness (QED) is 0.834. The largest absolute Gasteiger partial charge is 0.501 e. The van der Waals surface area contributed by atoms with E-state index in [1.165, 1.54) is 0 Å². The minimum absolute atomic E-state index is 0.139. The van der Waals surface area contributed by atoms with Crippen LogP contribution < -0.4 is 10.9 Å². The molecule has 0 saturated carbocycles. The summed E-state index contributed by atoms with van der Waals surface area (Å²) >= 11 is 6.03. The summed E-state index contributed by atoms with van der Waals surface area (Å²) in [6.07, 6.45) is 10.9. The normalized spacial score (nSPS) is 17.1. The van der Waals surface area contributed by atoms with Crippen LogP contribution in [0, 0.1) is 0 Å². The third kappa shape index (κ3) is 4.54. The van der Waals surface area contributed by atoms with Crippen LogP contribution in [0.15, 0.2) is 45.5 Å². The van der Waals surface area contributed by atoms with E-state index in [4.69, 9.17) is 16.3 Å². The van der Waals surface area contributed by atoms with Crippen LogP contribution in [0.1, 0.15) is 31.0 Å². The lowest BCUT2D eigenvalue weighted by Gasteiger charge is -2.21. The molecule has 0 spiro atoms. The average molecular weight is 389 g/mol. The monoisotopic (exact) mass is 388 g/mol. The number of carbonyl (C=O) groups is 1. The SMILES string of the molecule is COC1=CC=C([C@H](C)NC(=O)Cn2nnc3c(c2=O)C=CC=C(Cl)C3)CC1. The summed E-state index contributed by atoms with van der Waals surface area (Å²) in [6, 6.07) is -0.139. The smallest absolute Gasteiger partial charge is 0.277 e. The van der Waals surface area contributed by atoms with Gasteiger partial charge in [-0.1, -0.05) is 29.0 Å². The Morgan fingerprint density at radius 2 is 2.19 bits per heavy atom. The molecule has 0 fully saturated rings. The first kappa shape index (κ1) is 19.1. The van der Waals surface area contributed by atoms with Gasteiger partial charge in [-0.25, -0.2) is 4.68 Å². The van der Waals surface area contributed by atoms with Gasteiger partial charge in [0.25, 0.3) is 5.56 Å². The molecule has 1 amide bonds. The summed E-state index contributed by atoms with van der Waals surface area (Å²) in [5.41, 5.74) is 1.66. The topological polar surface area (TPSA) is 86.1 Å². The Labute approximate surface area is 162 Å². The Bertz CT molecular complexity index is 927. The van der Waals surface area contributed by atoms with Crippen molar-refractivity contribution in [3.8, 4) is 0 Å². The molecule has 142 valence electrons. The lowest BCUT2D eigenvalue weighted by molar-refractivity contribution is -0.122. The molecule has 27 heavy (non-hydrogen) atoms. The summed E-state index contributed by atoms with van der Waals surface area (Å²) in [5, 5.41) is 11.4. The molecular formula is C19H21ClN4O3. The number of aromatic nitrogens is 3. The van der Waals surface area contributed by atoms with Gasteiger partial charge in [-0.15, -0.1) is 5.10 Å². The van der Waals surface area contributed by atoms with Gasteiger partial charge in [0.2, 0.25) is 5.91 Å². The van der Waals surface area contributed by atoms with Crippen molar-refractivity contribution in [2.75, 3.05) is 7.11 Å². The molecule has 2 aliphatic rings. The molecule has 1 aromatic heterocycles. The number of hydrogen-bond donors (Lipinski definition) is 1. The Morgan fingerprint density at radius 3 is 2.89 bits per heavy atom. The molecule has 0 unspecified atom stereocenters. The van der Waals surface area contributed by atoms with Crippen LogP contribution in [0.4, 0.5) is 0 Å². The van der Waals surface area contributed by atoms with E-state index in [9.17, 15) is 9.59 Å². The van der Waals surface area contributed by atoms with E-state index in [0.29, 0.717) is 22.7 Å².